The molecule has 0 radical (unpaired) electrons. The van der Waals surface area contributed by atoms with Gasteiger partial charge in [0.15, 0.2) is 0 Å². The summed E-state index contributed by atoms with van der Waals surface area (Å²) in [7, 11) is -0.704. The average molecular weight is 562 g/mol. The third-order valence-corrected chi connectivity index (χ3v) is 12.8. The molecule has 1 N–H and O–H groups in total. The first-order valence-electron chi connectivity index (χ1n) is 14.6. The minimum absolute atomic E-state index is 0.00246. The third kappa shape index (κ3) is 7.74. The van der Waals surface area contributed by atoms with Crippen LogP contribution in [0.2, 0.25) is 5.04 Å². The molecule has 6 nitrogen and oxygen atoms in total. The van der Waals surface area contributed by atoms with Crippen molar-refractivity contribution in [2.75, 3.05) is 70.0 Å². The fourth-order valence-electron chi connectivity index (χ4n) is 5.59. The Morgan fingerprint density at radius 2 is 1.30 bits per heavy atom. The lowest BCUT2D eigenvalue weighted by molar-refractivity contribution is 0.144. The summed E-state index contributed by atoms with van der Waals surface area (Å²) >= 11 is 0. The molecule has 4 rings (SSSR count). The molecule has 7 heteroatoms. The maximum absolute atomic E-state index is 6.98. The van der Waals surface area contributed by atoms with E-state index >= 15 is 0 Å². The zero-order valence-corrected chi connectivity index (χ0v) is 25.8. The average Bonchev–Trinajstić information content (AvgIpc) is 2.98. The van der Waals surface area contributed by atoms with E-state index in [2.05, 4.69) is 121 Å². The van der Waals surface area contributed by atoms with Crippen molar-refractivity contribution < 1.29 is 14.0 Å². The number of hydrogen-bond donors (Lipinski definition) is 1. The summed E-state index contributed by atoms with van der Waals surface area (Å²) in [5, 5.41) is 2.64. The molecule has 1 heterocycles. The molecule has 0 atom stereocenters. The van der Waals surface area contributed by atoms with E-state index in [-0.39, 0.29) is 5.04 Å². The van der Waals surface area contributed by atoms with Crippen LogP contribution in [0.25, 0.3) is 0 Å². The summed E-state index contributed by atoms with van der Waals surface area (Å²) in [5.74, 6) is 0. The number of nitrogens with zero attached hydrogens (tertiary/aromatic N) is 2. The fraction of sp³-hybridized carbons (Fsp3) is 0.455. The van der Waals surface area contributed by atoms with Crippen LogP contribution in [0.5, 0.6) is 0 Å². The lowest BCUT2D eigenvalue weighted by Crippen LogP contribution is -2.66. The molecular weight excluding hydrogens is 514 g/mol. The maximum atomic E-state index is 6.98. The molecule has 216 valence electrons. The molecule has 1 aliphatic rings. The molecule has 0 saturated carbocycles. The Morgan fingerprint density at radius 1 is 0.725 bits per heavy atom. The van der Waals surface area contributed by atoms with Crippen molar-refractivity contribution in [2.45, 2.75) is 38.7 Å². The molecule has 0 amide bonds. The smallest absolute Gasteiger partial charge is 0.261 e. The second kappa shape index (κ2) is 14.8. The summed E-state index contributed by atoms with van der Waals surface area (Å²) in [6, 6.07) is 30.2. The molecule has 0 spiro atoms. The van der Waals surface area contributed by atoms with Gasteiger partial charge < -0.3 is 14.1 Å². The van der Waals surface area contributed by atoms with Gasteiger partial charge >= 0.3 is 0 Å². The van der Waals surface area contributed by atoms with Crippen molar-refractivity contribution in [1.82, 2.24) is 4.90 Å². The Balaban J connectivity index is 1.23. The number of rotatable bonds is 14. The highest BCUT2D eigenvalue weighted by Crippen LogP contribution is 2.36. The second-order valence-corrected chi connectivity index (χ2v) is 15.8. The number of ether oxygens (including phenoxy) is 1. The highest BCUT2D eigenvalue weighted by Gasteiger charge is 2.49. The van der Waals surface area contributed by atoms with Crippen LogP contribution in [0.3, 0.4) is 0 Å². The van der Waals surface area contributed by atoms with Crippen molar-refractivity contribution in [3.63, 3.8) is 0 Å². The van der Waals surface area contributed by atoms with E-state index in [0.29, 0.717) is 13.2 Å². The lowest BCUT2D eigenvalue weighted by Gasteiger charge is -2.43. The first kappa shape index (κ1) is 30.3. The Labute approximate surface area is 242 Å². The fourth-order valence-corrected chi connectivity index (χ4v) is 10.2. The number of methoxy groups -OCH3 is 1. The molecule has 1 aliphatic heterocycles. The number of piperazine rings is 1. The standard InChI is InChI=1S/C33H47N3O3Si/c1-33(2,3)40(31-13-7-5-8-14-31,32-15-9-6-10-16-32)39-27-12-11-26-38-34-29-17-19-30(20-18-29)36-23-21-35(22-24-36)25-28-37-4/h5-10,13-20,34H,11-12,21-28H2,1-4H3. The Kier molecular flexibility index (Phi) is 11.2. The highest BCUT2D eigenvalue weighted by molar-refractivity contribution is 6.99. The van der Waals surface area contributed by atoms with Gasteiger partial charge in [-0.2, -0.15) is 0 Å². The molecule has 0 unspecified atom stereocenters. The van der Waals surface area contributed by atoms with E-state index in [9.17, 15) is 0 Å². The van der Waals surface area contributed by atoms with E-state index < -0.39 is 8.32 Å². The molecule has 0 bridgehead atoms. The maximum Gasteiger partial charge on any atom is 0.261 e. The molecule has 0 aliphatic carbocycles. The normalized spacial score (nSPS) is 14.8. The van der Waals surface area contributed by atoms with Gasteiger partial charge in [-0.05, 0) is 52.5 Å². The predicted octanol–water partition coefficient (Wildman–Crippen LogP) is 5.16. The molecule has 1 saturated heterocycles. The summed E-state index contributed by atoms with van der Waals surface area (Å²) < 4.78 is 12.2. The number of nitrogens with one attached hydrogen (secondary N) is 1. The van der Waals surface area contributed by atoms with Gasteiger partial charge in [-0.25, -0.2) is 0 Å². The number of anilines is 2. The molecule has 1 fully saturated rings. The molecule has 40 heavy (non-hydrogen) atoms. The summed E-state index contributed by atoms with van der Waals surface area (Å²) in [4.78, 5) is 10.7. The largest absolute Gasteiger partial charge is 0.407 e. The van der Waals surface area contributed by atoms with Crippen LogP contribution in [0.1, 0.15) is 33.6 Å². The number of benzene rings is 3. The SMILES string of the molecule is COCCN1CCN(c2ccc(NOCCCCO[Si](c3ccccc3)(c3ccccc3)C(C)(C)C)cc2)CC1. The highest BCUT2D eigenvalue weighted by atomic mass is 28.4. The van der Waals surface area contributed by atoms with Crippen LogP contribution in [-0.2, 0) is 14.0 Å². The number of hydrogen-bond acceptors (Lipinski definition) is 6. The van der Waals surface area contributed by atoms with E-state index in [4.69, 9.17) is 14.0 Å². The monoisotopic (exact) mass is 561 g/mol. The molecular formula is C33H47N3O3Si. The minimum Gasteiger partial charge on any atom is -0.407 e. The van der Waals surface area contributed by atoms with Crippen LogP contribution in [-0.4, -0.2) is 72.9 Å². The topological polar surface area (TPSA) is 46.2 Å². The van der Waals surface area contributed by atoms with Crippen molar-refractivity contribution in [3.05, 3.63) is 84.9 Å². The van der Waals surface area contributed by atoms with Gasteiger partial charge in [0.1, 0.15) is 0 Å². The quantitative estimate of drug-likeness (QED) is 0.167. The number of unbranched alkanes of at least 4 members (excludes halogenated alkanes) is 1. The van der Waals surface area contributed by atoms with Gasteiger partial charge in [0.2, 0.25) is 0 Å². The first-order chi connectivity index (χ1) is 19.4. The van der Waals surface area contributed by atoms with Crippen LogP contribution < -0.4 is 20.8 Å². The second-order valence-electron chi connectivity index (χ2n) is 11.5. The Morgan fingerprint density at radius 3 is 1.85 bits per heavy atom. The van der Waals surface area contributed by atoms with Crippen molar-refractivity contribution in [2.24, 2.45) is 0 Å². The summed E-state index contributed by atoms with van der Waals surface area (Å²) in [6.07, 6.45) is 1.87. The predicted molar refractivity (Wildman–Crippen MR) is 169 cm³/mol. The van der Waals surface area contributed by atoms with Gasteiger partial charge in [0.05, 0.1) is 18.9 Å². The van der Waals surface area contributed by atoms with Crippen molar-refractivity contribution in [3.8, 4) is 0 Å². The molecule has 0 aromatic heterocycles. The Hall–Kier alpha value is -2.68. The molecule has 3 aromatic carbocycles. The zero-order valence-electron chi connectivity index (χ0n) is 24.8. The van der Waals surface area contributed by atoms with Gasteiger partial charge in [-0.3, -0.25) is 15.2 Å². The summed E-state index contributed by atoms with van der Waals surface area (Å²) in [6.45, 7) is 14.4. The minimum atomic E-state index is -2.47. The summed E-state index contributed by atoms with van der Waals surface area (Å²) in [5.41, 5.74) is 5.35. The Bertz CT molecular complexity index is 1080. The van der Waals surface area contributed by atoms with E-state index in [1.165, 1.54) is 16.1 Å². The zero-order chi connectivity index (χ0) is 28.3. The molecule has 3 aromatic rings. The van der Waals surface area contributed by atoms with Gasteiger partial charge in [-0.1, -0.05) is 81.4 Å². The van der Waals surface area contributed by atoms with Gasteiger partial charge in [-0.15, -0.1) is 0 Å². The van der Waals surface area contributed by atoms with Crippen molar-refractivity contribution >= 4 is 30.1 Å². The van der Waals surface area contributed by atoms with Gasteiger partial charge in [0, 0.05) is 52.1 Å². The van der Waals surface area contributed by atoms with Crippen molar-refractivity contribution in [1.29, 1.82) is 0 Å². The first-order valence-corrected chi connectivity index (χ1v) is 16.5. The van der Waals surface area contributed by atoms with Gasteiger partial charge in [0.25, 0.3) is 8.32 Å². The third-order valence-electron chi connectivity index (χ3n) is 7.78. The van der Waals surface area contributed by atoms with Crippen LogP contribution in [0.4, 0.5) is 11.4 Å². The lowest BCUT2D eigenvalue weighted by atomic mass is 10.2. The van der Waals surface area contributed by atoms with E-state index in [1.54, 1.807) is 7.11 Å². The van der Waals surface area contributed by atoms with E-state index in [0.717, 1.165) is 57.9 Å². The van der Waals surface area contributed by atoms with Crippen LogP contribution in [0.15, 0.2) is 84.9 Å². The van der Waals surface area contributed by atoms with E-state index in [1.807, 2.05) is 0 Å². The van der Waals surface area contributed by atoms with Crippen LogP contribution >= 0.6 is 0 Å². The van der Waals surface area contributed by atoms with Crippen LogP contribution in [0, 0.1) is 0 Å².